The van der Waals surface area contributed by atoms with Crippen molar-refractivity contribution in [1.29, 1.82) is 0 Å². The van der Waals surface area contributed by atoms with Gasteiger partial charge in [0.1, 0.15) is 22.9 Å². The zero-order chi connectivity index (χ0) is 15.4. The Morgan fingerprint density at radius 3 is 2.86 bits per heavy atom. The summed E-state index contributed by atoms with van der Waals surface area (Å²) in [5.41, 5.74) is 0.927. The maximum absolute atomic E-state index is 12.1. The summed E-state index contributed by atoms with van der Waals surface area (Å²) in [5, 5.41) is 26.1. The first-order valence-corrected chi connectivity index (χ1v) is 6.76. The van der Waals surface area contributed by atoms with Gasteiger partial charge >= 0.3 is 0 Å². The third kappa shape index (κ3) is 3.29. The Labute approximate surface area is 124 Å². The van der Waals surface area contributed by atoms with Gasteiger partial charge in [0, 0.05) is 11.4 Å². The van der Waals surface area contributed by atoms with Gasteiger partial charge in [-0.1, -0.05) is 5.16 Å². The van der Waals surface area contributed by atoms with E-state index in [1.807, 2.05) is 0 Å². The van der Waals surface area contributed by atoms with E-state index in [1.165, 1.54) is 30.6 Å². The highest BCUT2D eigenvalue weighted by Gasteiger charge is 2.14. The van der Waals surface area contributed by atoms with Crippen molar-refractivity contribution in [3.05, 3.63) is 34.8 Å². The molecule has 1 amide bonds. The molecule has 8 heteroatoms. The number of carbonyl (C=O) groups excluding carboxylic acids is 1. The second kappa shape index (κ2) is 6.23. The van der Waals surface area contributed by atoms with Crippen LogP contribution >= 0.6 is 11.3 Å². The lowest BCUT2D eigenvalue weighted by molar-refractivity contribution is 0.102. The number of phenolic OH excluding ortho intramolecular Hbond substituents is 1. The number of rotatable bonds is 4. The average molecular weight is 307 g/mol. The minimum atomic E-state index is -0.491. The number of aromatic hydroxyl groups is 1. The van der Waals surface area contributed by atoms with E-state index < -0.39 is 5.91 Å². The highest BCUT2D eigenvalue weighted by atomic mass is 32.1. The van der Waals surface area contributed by atoms with Crippen LogP contribution in [0.1, 0.15) is 23.0 Å². The molecule has 2 rings (SSSR count). The highest BCUT2D eigenvalue weighted by Crippen LogP contribution is 2.25. The first kappa shape index (κ1) is 14.8. The Bertz CT molecular complexity index is 696. The molecule has 1 aromatic carbocycles. The molecular weight excluding hydrogens is 294 g/mol. The second-order valence-electron chi connectivity index (χ2n) is 4.06. The van der Waals surface area contributed by atoms with E-state index in [-0.39, 0.29) is 11.3 Å². The molecule has 110 valence electrons. The number of aromatic nitrogens is 1. The van der Waals surface area contributed by atoms with E-state index in [0.29, 0.717) is 22.3 Å². The number of hydrogen-bond donors (Lipinski definition) is 3. The molecule has 0 aliphatic rings. The summed E-state index contributed by atoms with van der Waals surface area (Å²) in [4.78, 5) is 16.2. The number of benzene rings is 1. The van der Waals surface area contributed by atoms with Gasteiger partial charge in [-0.15, -0.1) is 11.3 Å². The summed E-state index contributed by atoms with van der Waals surface area (Å²) in [6, 6.07) is 4.38. The van der Waals surface area contributed by atoms with E-state index in [4.69, 9.17) is 9.94 Å². The Hall–Kier alpha value is -2.61. The Morgan fingerprint density at radius 1 is 1.48 bits per heavy atom. The van der Waals surface area contributed by atoms with Gasteiger partial charge in [-0.2, -0.15) is 0 Å². The summed E-state index contributed by atoms with van der Waals surface area (Å²) >= 11 is 1.19. The molecule has 2 aromatic rings. The molecule has 0 bridgehead atoms. The van der Waals surface area contributed by atoms with Gasteiger partial charge in [0.15, 0.2) is 5.13 Å². The molecule has 0 aliphatic heterocycles. The molecule has 0 spiro atoms. The van der Waals surface area contributed by atoms with Crippen LogP contribution in [0.3, 0.4) is 0 Å². The lowest BCUT2D eigenvalue weighted by Crippen LogP contribution is -2.12. The van der Waals surface area contributed by atoms with Crippen LogP contribution in [0.2, 0.25) is 0 Å². The largest absolute Gasteiger partial charge is 0.507 e. The van der Waals surface area contributed by atoms with Crippen molar-refractivity contribution in [2.75, 3.05) is 12.4 Å². The molecule has 0 saturated carbocycles. The highest BCUT2D eigenvalue weighted by molar-refractivity contribution is 7.14. The maximum atomic E-state index is 12.1. The van der Waals surface area contributed by atoms with Crippen LogP contribution < -0.4 is 10.1 Å². The van der Waals surface area contributed by atoms with E-state index in [0.717, 1.165) is 0 Å². The first-order chi connectivity index (χ1) is 10.0. The van der Waals surface area contributed by atoms with Crippen molar-refractivity contribution in [3.8, 4) is 11.5 Å². The summed E-state index contributed by atoms with van der Waals surface area (Å²) in [6.07, 6.45) is 0. The fourth-order valence-corrected chi connectivity index (χ4v) is 2.29. The smallest absolute Gasteiger partial charge is 0.261 e. The Balaban J connectivity index is 2.16. The lowest BCUT2D eigenvalue weighted by Gasteiger charge is -2.06. The number of oxime groups is 1. The van der Waals surface area contributed by atoms with Crippen molar-refractivity contribution in [2.45, 2.75) is 6.92 Å². The fourth-order valence-electron chi connectivity index (χ4n) is 1.54. The number of amides is 1. The van der Waals surface area contributed by atoms with Crippen molar-refractivity contribution >= 4 is 28.1 Å². The minimum absolute atomic E-state index is 0.111. The Morgan fingerprint density at radius 2 is 2.24 bits per heavy atom. The van der Waals surface area contributed by atoms with Crippen LogP contribution in [0.5, 0.6) is 11.5 Å². The monoisotopic (exact) mass is 307 g/mol. The molecule has 7 nitrogen and oxygen atoms in total. The number of carbonyl (C=O) groups is 1. The third-order valence-electron chi connectivity index (χ3n) is 2.69. The van der Waals surface area contributed by atoms with Crippen molar-refractivity contribution < 1.29 is 19.8 Å². The molecule has 21 heavy (non-hydrogen) atoms. The molecule has 0 unspecified atom stereocenters. The summed E-state index contributed by atoms with van der Waals surface area (Å²) in [6.45, 7) is 1.59. The van der Waals surface area contributed by atoms with Gasteiger partial charge in [-0.05, 0) is 19.1 Å². The van der Waals surface area contributed by atoms with Crippen molar-refractivity contribution in [2.24, 2.45) is 5.16 Å². The summed E-state index contributed by atoms with van der Waals surface area (Å²) in [5.74, 6) is -0.221. The lowest BCUT2D eigenvalue weighted by atomic mass is 10.2. The van der Waals surface area contributed by atoms with E-state index in [9.17, 15) is 9.90 Å². The van der Waals surface area contributed by atoms with E-state index >= 15 is 0 Å². The molecule has 0 aliphatic carbocycles. The van der Waals surface area contributed by atoms with Gasteiger partial charge < -0.3 is 15.1 Å². The van der Waals surface area contributed by atoms with Crippen LogP contribution in [0.15, 0.2) is 28.7 Å². The Kier molecular flexibility index (Phi) is 4.39. The second-order valence-corrected chi connectivity index (χ2v) is 4.92. The minimum Gasteiger partial charge on any atom is -0.507 e. The molecule has 1 aromatic heterocycles. The van der Waals surface area contributed by atoms with Crippen LogP contribution in [0.25, 0.3) is 0 Å². The van der Waals surface area contributed by atoms with Gasteiger partial charge in [-0.25, -0.2) is 4.98 Å². The van der Waals surface area contributed by atoms with E-state index in [1.54, 1.807) is 18.4 Å². The molecule has 0 atom stereocenters. The number of thiazole rings is 1. The molecule has 0 saturated heterocycles. The van der Waals surface area contributed by atoms with Crippen molar-refractivity contribution in [3.63, 3.8) is 0 Å². The quantitative estimate of drug-likeness (QED) is 0.457. The number of ether oxygens (including phenoxy) is 1. The fraction of sp³-hybridized carbons (Fsp3) is 0.154. The van der Waals surface area contributed by atoms with Gasteiger partial charge in [-0.3, -0.25) is 10.1 Å². The molecule has 0 fully saturated rings. The summed E-state index contributed by atoms with van der Waals surface area (Å²) in [7, 11) is 1.47. The number of phenols is 1. The zero-order valence-electron chi connectivity index (χ0n) is 11.3. The number of nitrogens with zero attached hydrogens (tertiary/aromatic N) is 2. The standard InChI is InChI=1S/C13H13N3O4S/c1-7(16-19)10-6-21-13(14-10)15-12(18)9-4-3-8(20-2)5-11(9)17/h3-6,17,19H,1-2H3,(H,14,15,18). The van der Waals surface area contributed by atoms with Crippen LogP contribution in [-0.4, -0.2) is 34.0 Å². The normalized spacial score (nSPS) is 11.2. The number of methoxy groups -OCH3 is 1. The molecule has 1 heterocycles. The van der Waals surface area contributed by atoms with E-state index in [2.05, 4.69) is 15.5 Å². The predicted molar refractivity (Wildman–Crippen MR) is 78.7 cm³/mol. The van der Waals surface area contributed by atoms with Gasteiger partial charge in [0.25, 0.3) is 5.91 Å². The third-order valence-corrected chi connectivity index (χ3v) is 3.45. The van der Waals surface area contributed by atoms with Crippen LogP contribution in [0.4, 0.5) is 5.13 Å². The molecule has 0 radical (unpaired) electrons. The summed E-state index contributed by atoms with van der Waals surface area (Å²) < 4.78 is 4.95. The average Bonchev–Trinajstić information content (AvgIpc) is 2.94. The molecule has 3 N–H and O–H groups in total. The topological polar surface area (TPSA) is 104 Å². The number of hydrogen-bond acceptors (Lipinski definition) is 7. The molecular formula is C13H13N3O4S. The SMILES string of the molecule is COc1ccc(C(=O)Nc2nc(C(C)=NO)cs2)c(O)c1. The predicted octanol–water partition coefficient (Wildman–Crippen LogP) is 2.31. The van der Waals surface area contributed by atoms with Crippen molar-refractivity contribution in [1.82, 2.24) is 4.98 Å². The number of nitrogens with one attached hydrogen (secondary N) is 1. The van der Waals surface area contributed by atoms with Crippen LogP contribution in [-0.2, 0) is 0 Å². The van der Waals surface area contributed by atoms with Gasteiger partial charge in [0.2, 0.25) is 0 Å². The maximum Gasteiger partial charge on any atom is 0.261 e. The first-order valence-electron chi connectivity index (χ1n) is 5.88. The number of anilines is 1. The van der Waals surface area contributed by atoms with Crippen LogP contribution in [0, 0.1) is 0 Å². The van der Waals surface area contributed by atoms with Gasteiger partial charge in [0.05, 0.1) is 12.7 Å². The zero-order valence-corrected chi connectivity index (χ0v) is 12.1.